The van der Waals surface area contributed by atoms with Gasteiger partial charge in [-0.1, -0.05) is 24.3 Å². The predicted molar refractivity (Wildman–Crippen MR) is 156 cm³/mol. The number of hydrogen-bond donors (Lipinski definition) is 1. The number of nitrogens with zero attached hydrogens (tertiary/aromatic N) is 5. The van der Waals surface area contributed by atoms with E-state index in [-0.39, 0.29) is 22.3 Å². The summed E-state index contributed by atoms with van der Waals surface area (Å²) in [6.07, 6.45) is 1.27. The lowest BCUT2D eigenvalue weighted by atomic mass is 10.1. The quantitative estimate of drug-likeness (QED) is 0.364. The molecule has 210 valence electrons. The molecule has 1 N–H and O–H groups in total. The zero-order valence-electron chi connectivity index (χ0n) is 23.1. The molecule has 5 rings (SSSR count). The van der Waals surface area contributed by atoms with Crippen molar-refractivity contribution in [2.45, 2.75) is 6.54 Å². The Balaban J connectivity index is 1.62. The van der Waals surface area contributed by atoms with Crippen LogP contribution >= 0.6 is 0 Å². The number of pyridine rings is 1. The van der Waals surface area contributed by atoms with E-state index >= 15 is 4.39 Å². The number of aromatic carboxylic acids is 1. The van der Waals surface area contributed by atoms with Crippen LogP contribution < -0.4 is 20.0 Å². The van der Waals surface area contributed by atoms with Gasteiger partial charge in [0.1, 0.15) is 22.8 Å². The highest BCUT2D eigenvalue weighted by Crippen LogP contribution is 2.40. The van der Waals surface area contributed by atoms with Crippen molar-refractivity contribution in [2.24, 2.45) is 0 Å². The number of piperazine rings is 1. The fraction of sp³-hybridized carbons (Fsp3) is 0.258. The molecule has 2 heterocycles. The summed E-state index contributed by atoms with van der Waals surface area (Å²) in [6.45, 7) is 2.67. The SMILES string of the molecule is COc1c(N2CCN(c3ccccc3C#N)CC2)c(F)cc2c(=O)c(C(=O)O)cn(-c3ccc(CN(C)C)cc3)c12. The van der Waals surface area contributed by atoms with Gasteiger partial charge in [0.25, 0.3) is 0 Å². The summed E-state index contributed by atoms with van der Waals surface area (Å²) in [5.41, 5.74) is 2.30. The summed E-state index contributed by atoms with van der Waals surface area (Å²) in [4.78, 5) is 31.2. The average Bonchev–Trinajstić information content (AvgIpc) is 2.97. The molecule has 0 amide bonds. The highest BCUT2D eigenvalue weighted by Gasteiger charge is 2.28. The third kappa shape index (κ3) is 5.19. The van der Waals surface area contributed by atoms with Crippen molar-refractivity contribution in [2.75, 3.05) is 57.2 Å². The van der Waals surface area contributed by atoms with Crippen molar-refractivity contribution in [1.82, 2.24) is 9.47 Å². The molecule has 0 spiro atoms. The van der Waals surface area contributed by atoms with Crippen molar-refractivity contribution in [3.8, 4) is 17.5 Å². The van der Waals surface area contributed by atoms with Gasteiger partial charge in [-0.3, -0.25) is 4.79 Å². The number of carbonyl (C=O) groups is 1. The number of para-hydroxylation sites is 1. The fourth-order valence-electron chi connectivity index (χ4n) is 5.40. The second kappa shape index (κ2) is 11.3. The highest BCUT2D eigenvalue weighted by atomic mass is 19.1. The van der Waals surface area contributed by atoms with E-state index in [2.05, 4.69) is 11.0 Å². The number of ether oxygens (including phenoxy) is 1. The molecule has 4 aromatic rings. The molecule has 0 bridgehead atoms. The first kappa shape index (κ1) is 27.7. The highest BCUT2D eigenvalue weighted by molar-refractivity contribution is 5.97. The molecule has 1 aliphatic heterocycles. The van der Waals surface area contributed by atoms with Gasteiger partial charge in [-0.15, -0.1) is 0 Å². The van der Waals surface area contributed by atoms with Crippen molar-refractivity contribution in [1.29, 1.82) is 5.26 Å². The lowest BCUT2D eigenvalue weighted by molar-refractivity contribution is 0.0695. The van der Waals surface area contributed by atoms with E-state index < -0.39 is 22.8 Å². The Hall–Kier alpha value is -4.88. The van der Waals surface area contributed by atoms with Crippen LogP contribution in [0.25, 0.3) is 16.6 Å². The number of nitriles is 1. The standard InChI is InChI=1S/C31H30FN5O4/c1-34(2)18-20-8-10-22(11-9-20)37-19-24(31(39)40)29(38)23-16-25(32)28(30(41-3)27(23)37)36-14-12-35(13-15-36)26-7-5-4-6-21(26)17-33/h4-11,16,19H,12-15,18H2,1-3H3,(H,39,40). The summed E-state index contributed by atoms with van der Waals surface area (Å²) in [5, 5.41) is 19.2. The molecule has 1 saturated heterocycles. The molecular weight excluding hydrogens is 525 g/mol. The minimum Gasteiger partial charge on any atom is -0.492 e. The number of benzene rings is 3. The molecule has 0 saturated carbocycles. The van der Waals surface area contributed by atoms with E-state index in [9.17, 15) is 20.0 Å². The number of anilines is 2. The molecular formula is C31H30FN5O4. The Morgan fingerprint density at radius 3 is 2.34 bits per heavy atom. The Morgan fingerprint density at radius 1 is 1.07 bits per heavy atom. The molecule has 1 fully saturated rings. The average molecular weight is 556 g/mol. The first-order chi connectivity index (χ1) is 19.7. The third-order valence-corrected chi connectivity index (χ3v) is 7.28. The van der Waals surface area contributed by atoms with Gasteiger partial charge >= 0.3 is 5.97 Å². The molecule has 0 unspecified atom stereocenters. The van der Waals surface area contributed by atoms with E-state index in [0.717, 1.165) is 23.9 Å². The molecule has 9 nitrogen and oxygen atoms in total. The van der Waals surface area contributed by atoms with Gasteiger partial charge in [-0.05, 0) is 50.0 Å². The van der Waals surface area contributed by atoms with Gasteiger partial charge in [-0.2, -0.15) is 5.26 Å². The van der Waals surface area contributed by atoms with E-state index in [1.165, 1.54) is 13.3 Å². The first-order valence-electron chi connectivity index (χ1n) is 13.2. The van der Waals surface area contributed by atoms with Crippen molar-refractivity contribution >= 4 is 28.2 Å². The summed E-state index contributed by atoms with van der Waals surface area (Å²) < 4.78 is 23.2. The number of halogens is 1. The van der Waals surface area contributed by atoms with E-state index in [1.54, 1.807) is 10.6 Å². The maximum atomic E-state index is 15.8. The van der Waals surface area contributed by atoms with Crippen LogP contribution in [0.3, 0.4) is 0 Å². The maximum Gasteiger partial charge on any atom is 0.341 e. The Kier molecular flexibility index (Phi) is 7.64. The van der Waals surface area contributed by atoms with E-state index in [0.29, 0.717) is 37.4 Å². The third-order valence-electron chi connectivity index (χ3n) is 7.28. The molecule has 1 aliphatic rings. The van der Waals surface area contributed by atoms with Crippen molar-refractivity contribution < 1.29 is 19.0 Å². The minimum atomic E-state index is -1.40. The molecule has 1 aromatic heterocycles. The topological polar surface area (TPSA) is 102 Å². The number of methoxy groups -OCH3 is 1. The summed E-state index contributed by atoms with van der Waals surface area (Å²) in [7, 11) is 5.34. The summed E-state index contributed by atoms with van der Waals surface area (Å²) >= 11 is 0. The van der Waals surface area contributed by atoms with Crippen LogP contribution in [-0.2, 0) is 6.54 Å². The zero-order chi connectivity index (χ0) is 29.3. The second-order valence-electron chi connectivity index (χ2n) is 10.2. The lowest BCUT2D eigenvalue weighted by Gasteiger charge is -2.38. The van der Waals surface area contributed by atoms with Crippen LogP contribution in [0.5, 0.6) is 5.75 Å². The summed E-state index contributed by atoms with van der Waals surface area (Å²) in [5.74, 6) is -1.92. The minimum absolute atomic E-state index is 0.0815. The van der Waals surface area contributed by atoms with Gasteiger partial charge in [0.05, 0.1) is 23.7 Å². The Bertz CT molecular complexity index is 1720. The molecule has 0 atom stereocenters. The zero-order valence-corrected chi connectivity index (χ0v) is 23.1. The van der Waals surface area contributed by atoms with Gasteiger partial charge in [0.15, 0.2) is 11.6 Å². The van der Waals surface area contributed by atoms with Gasteiger partial charge in [0.2, 0.25) is 5.43 Å². The molecule has 0 aliphatic carbocycles. The largest absolute Gasteiger partial charge is 0.492 e. The smallest absolute Gasteiger partial charge is 0.341 e. The van der Waals surface area contributed by atoms with Gasteiger partial charge in [-0.25, -0.2) is 9.18 Å². The van der Waals surface area contributed by atoms with Crippen LogP contribution in [-0.4, -0.2) is 67.9 Å². The van der Waals surface area contributed by atoms with E-state index in [4.69, 9.17) is 4.74 Å². The molecule has 3 aromatic carbocycles. The van der Waals surface area contributed by atoms with Crippen molar-refractivity contribution in [3.63, 3.8) is 0 Å². The molecule has 0 radical (unpaired) electrons. The van der Waals surface area contributed by atoms with Crippen LogP contribution in [0.2, 0.25) is 0 Å². The van der Waals surface area contributed by atoms with Crippen LogP contribution in [0.4, 0.5) is 15.8 Å². The number of carboxylic acids is 1. The monoisotopic (exact) mass is 555 g/mol. The molecule has 41 heavy (non-hydrogen) atoms. The maximum absolute atomic E-state index is 15.8. The normalized spacial score (nSPS) is 13.5. The van der Waals surface area contributed by atoms with Gasteiger partial charge < -0.3 is 29.1 Å². The fourth-order valence-corrected chi connectivity index (χ4v) is 5.40. The van der Waals surface area contributed by atoms with Crippen LogP contribution in [0, 0.1) is 17.1 Å². The van der Waals surface area contributed by atoms with Crippen molar-refractivity contribution in [3.05, 3.63) is 93.5 Å². The summed E-state index contributed by atoms with van der Waals surface area (Å²) in [6, 6.07) is 18.2. The number of fused-ring (bicyclic) bond motifs is 1. The van der Waals surface area contributed by atoms with Crippen LogP contribution in [0.1, 0.15) is 21.5 Å². The number of rotatable bonds is 7. The van der Waals surface area contributed by atoms with Crippen LogP contribution in [0.15, 0.2) is 65.6 Å². The molecule has 10 heteroatoms. The number of carboxylic acid groups (broad SMARTS) is 1. The van der Waals surface area contributed by atoms with Gasteiger partial charge in [0, 0.05) is 44.6 Å². The first-order valence-corrected chi connectivity index (χ1v) is 13.2. The lowest BCUT2D eigenvalue weighted by Crippen LogP contribution is -2.47. The van der Waals surface area contributed by atoms with E-state index in [1.807, 2.05) is 66.4 Å². The second-order valence-corrected chi connectivity index (χ2v) is 10.2. The Morgan fingerprint density at radius 2 is 1.73 bits per heavy atom. The number of hydrogen-bond acceptors (Lipinski definition) is 7. The number of aromatic nitrogens is 1. The Labute approximate surface area is 236 Å². The predicted octanol–water partition coefficient (Wildman–Crippen LogP) is 4.10.